The predicted octanol–water partition coefficient (Wildman–Crippen LogP) is 5.52. The van der Waals surface area contributed by atoms with Gasteiger partial charge >= 0.3 is 0 Å². The van der Waals surface area contributed by atoms with E-state index in [1.165, 1.54) is 77.0 Å². The van der Waals surface area contributed by atoms with E-state index in [9.17, 15) is 0 Å². The number of rotatable bonds is 18. The second kappa shape index (κ2) is 20.2. The van der Waals surface area contributed by atoms with Gasteiger partial charge in [-0.25, -0.2) is 0 Å². The molecule has 0 bridgehead atoms. The van der Waals surface area contributed by atoms with Gasteiger partial charge in [0, 0.05) is 0 Å². The molecule has 2 N–H and O–H groups in total. The van der Waals surface area contributed by atoms with Crippen LogP contribution in [-0.4, -0.2) is 29.5 Å². The zero-order valence-corrected chi connectivity index (χ0v) is 15.8. The molecule has 0 saturated heterocycles. The standard InChI is InChI=1S/C21H40O3/c1-2-3-4-5-6-7-8-9-10-11-12-13-14-15-16-17-18-24-20-21(23)19-22/h15-18,21-23H,2-14,19-20H2,1H3. The van der Waals surface area contributed by atoms with Gasteiger partial charge in [-0.1, -0.05) is 89.7 Å². The van der Waals surface area contributed by atoms with Crippen molar-refractivity contribution in [2.24, 2.45) is 0 Å². The first-order valence-electron chi connectivity index (χ1n) is 10.0. The summed E-state index contributed by atoms with van der Waals surface area (Å²) in [6, 6.07) is 0. The van der Waals surface area contributed by atoms with Crippen molar-refractivity contribution in [2.45, 2.75) is 96.5 Å². The van der Waals surface area contributed by atoms with Crippen molar-refractivity contribution < 1.29 is 14.9 Å². The summed E-state index contributed by atoms with van der Waals surface area (Å²) in [6.45, 7) is 2.15. The van der Waals surface area contributed by atoms with Gasteiger partial charge in [0.2, 0.25) is 0 Å². The molecule has 0 rings (SSSR count). The lowest BCUT2D eigenvalue weighted by atomic mass is 10.0. The van der Waals surface area contributed by atoms with E-state index in [2.05, 4.69) is 13.0 Å². The lowest BCUT2D eigenvalue weighted by Crippen LogP contribution is -2.17. The monoisotopic (exact) mass is 340 g/mol. The third-order valence-corrected chi connectivity index (χ3v) is 4.15. The molecular formula is C21H40O3. The van der Waals surface area contributed by atoms with Gasteiger partial charge in [-0.3, -0.25) is 0 Å². The molecule has 0 aliphatic carbocycles. The fourth-order valence-electron chi connectivity index (χ4n) is 2.60. The molecule has 0 saturated carbocycles. The first kappa shape index (κ1) is 23.2. The van der Waals surface area contributed by atoms with E-state index >= 15 is 0 Å². The molecule has 0 radical (unpaired) electrons. The Labute approximate surface area is 149 Å². The largest absolute Gasteiger partial charge is 0.498 e. The van der Waals surface area contributed by atoms with Crippen LogP contribution in [0.2, 0.25) is 0 Å². The van der Waals surface area contributed by atoms with Gasteiger partial charge in [-0.15, -0.1) is 0 Å². The van der Waals surface area contributed by atoms with E-state index in [1.807, 2.05) is 12.2 Å². The lowest BCUT2D eigenvalue weighted by Gasteiger charge is -2.04. The average Bonchev–Trinajstić information content (AvgIpc) is 2.60. The Morgan fingerprint density at radius 3 is 1.88 bits per heavy atom. The highest BCUT2D eigenvalue weighted by Crippen LogP contribution is 2.12. The van der Waals surface area contributed by atoms with Gasteiger partial charge in [-0.05, 0) is 18.9 Å². The minimum absolute atomic E-state index is 0.138. The Hall–Kier alpha value is -0.800. The summed E-state index contributed by atoms with van der Waals surface area (Å²) in [5, 5.41) is 17.7. The van der Waals surface area contributed by atoms with E-state index in [-0.39, 0.29) is 13.2 Å². The van der Waals surface area contributed by atoms with Gasteiger partial charge in [0.05, 0.1) is 12.9 Å². The summed E-state index contributed by atoms with van der Waals surface area (Å²) in [7, 11) is 0. The molecule has 0 fully saturated rings. The molecule has 1 unspecified atom stereocenters. The number of ether oxygens (including phenoxy) is 1. The number of hydrogen-bond acceptors (Lipinski definition) is 3. The maximum absolute atomic E-state index is 9.07. The van der Waals surface area contributed by atoms with Gasteiger partial charge < -0.3 is 14.9 Å². The molecule has 0 aromatic carbocycles. The molecule has 0 aliphatic heterocycles. The molecule has 3 heteroatoms. The number of unbranched alkanes of at least 4 members (excludes halogenated alkanes) is 12. The summed E-state index contributed by atoms with van der Waals surface area (Å²) in [5.41, 5.74) is 0. The zero-order valence-electron chi connectivity index (χ0n) is 15.8. The minimum atomic E-state index is -0.792. The molecule has 0 amide bonds. The normalized spacial score (nSPS) is 13.1. The third-order valence-electron chi connectivity index (χ3n) is 4.15. The smallest absolute Gasteiger partial charge is 0.115 e. The van der Waals surface area contributed by atoms with Crippen molar-refractivity contribution in [2.75, 3.05) is 13.2 Å². The maximum Gasteiger partial charge on any atom is 0.115 e. The fraction of sp³-hybridized carbons (Fsp3) is 0.810. The maximum atomic E-state index is 9.07. The molecule has 0 aromatic rings. The van der Waals surface area contributed by atoms with Gasteiger partial charge in [0.1, 0.15) is 12.7 Å². The van der Waals surface area contributed by atoms with Gasteiger partial charge in [-0.2, -0.15) is 0 Å². The Morgan fingerprint density at radius 1 is 0.792 bits per heavy atom. The van der Waals surface area contributed by atoms with Crippen molar-refractivity contribution in [3.8, 4) is 0 Å². The molecule has 24 heavy (non-hydrogen) atoms. The van der Waals surface area contributed by atoms with Crippen LogP contribution in [0.15, 0.2) is 24.5 Å². The highest BCUT2D eigenvalue weighted by molar-refractivity contribution is 4.99. The number of allylic oxidation sites excluding steroid dienone is 3. The van der Waals surface area contributed by atoms with Crippen LogP contribution < -0.4 is 0 Å². The van der Waals surface area contributed by atoms with E-state index in [4.69, 9.17) is 14.9 Å². The molecule has 142 valence electrons. The van der Waals surface area contributed by atoms with Crippen molar-refractivity contribution in [3.05, 3.63) is 24.5 Å². The Morgan fingerprint density at radius 2 is 1.33 bits per heavy atom. The average molecular weight is 341 g/mol. The van der Waals surface area contributed by atoms with Crippen molar-refractivity contribution in [1.82, 2.24) is 0 Å². The third kappa shape index (κ3) is 19.2. The molecular weight excluding hydrogens is 300 g/mol. The molecule has 3 nitrogen and oxygen atoms in total. The molecule has 0 spiro atoms. The topological polar surface area (TPSA) is 49.7 Å². The van der Waals surface area contributed by atoms with Crippen LogP contribution in [-0.2, 0) is 4.74 Å². The van der Waals surface area contributed by atoms with Crippen LogP contribution in [0.25, 0.3) is 0 Å². The Kier molecular flexibility index (Phi) is 19.6. The van der Waals surface area contributed by atoms with E-state index < -0.39 is 6.10 Å². The highest BCUT2D eigenvalue weighted by atomic mass is 16.5. The van der Waals surface area contributed by atoms with Crippen LogP contribution in [0.5, 0.6) is 0 Å². The summed E-state index contributed by atoms with van der Waals surface area (Å²) in [6.07, 6.45) is 24.4. The minimum Gasteiger partial charge on any atom is -0.498 e. The second-order valence-corrected chi connectivity index (χ2v) is 6.60. The second-order valence-electron chi connectivity index (χ2n) is 6.60. The summed E-state index contributed by atoms with van der Waals surface area (Å²) in [5.74, 6) is 0. The Balaban J connectivity index is 3.16. The van der Waals surface area contributed by atoms with Crippen LogP contribution in [0.1, 0.15) is 90.4 Å². The van der Waals surface area contributed by atoms with Crippen molar-refractivity contribution >= 4 is 0 Å². The van der Waals surface area contributed by atoms with E-state index in [0.717, 1.165) is 6.42 Å². The fourth-order valence-corrected chi connectivity index (χ4v) is 2.60. The summed E-state index contributed by atoms with van der Waals surface area (Å²) in [4.78, 5) is 0. The molecule has 0 aromatic heterocycles. The van der Waals surface area contributed by atoms with E-state index in [0.29, 0.717) is 0 Å². The zero-order chi connectivity index (χ0) is 17.7. The van der Waals surface area contributed by atoms with Crippen molar-refractivity contribution in [3.63, 3.8) is 0 Å². The van der Waals surface area contributed by atoms with Crippen LogP contribution in [0.3, 0.4) is 0 Å². The Bertz CT molecular complexity index is 287. The van der Waals surface area contributed by atoms with Gasteiger partial charge in [0.15, 0.2) is 0 Å². The molecule has 1 atom stereocenters. The first-order chi connectivity index (χ1) is 11.8. The summed E-state index contributed by atoms with van der Waals surface area (Å²) < 4.78 is 5.06. The van der Waals surface area contributed by atoms with Crippen LogP contribution in [0.4, 0.5) is 0 Å². The van der Waals surface area contributed by atoms with Crippen LogP contribution in [0, 0.1) is 0 Å². The molecule has 0 aliphatic rings. The quantitative estimate of drug-likeness (QED) is 0.196. The van der Waals surface area contributed by atoms with Crippen LogP contribution >= 0.6 is 0 Å². The lowest BCUT2D eigenvalue weighted by molar-refractivity contribution is 0.0384. The SMILES string of the molecule is CCCCCCCCCCCCCCC=CC=COCC(O)CO. The van der Waals surface area contributed by atoms with Gasteiger partial charge in [0.25, 0.3) is 0 Å². The first-order valence-corrected chi connectivity index (χ1v) is 10.0. The van der Waals surface area contributed by atoms with Crippen molar-refractivity contribution in [1.29, 1.82) is 0 Å². The summed E-state index contributed by atoms with van der Waals surface area (Å²) >= 11 is 0. The number of hydrogen-bond donors (Lipinski definition) is 2. The number of aliphatic hydroxyl groups is 2. The predicted molar refractivity (Wildman–Crippen MR) is 103 cm³/mol. The van der Waals surface area contributed by atoms with E-state index in [1.54, 1.807) is 6.26 Å². The molecule has 0 heterocycles. The highest BCUT2D eigenvalue weighted by Gasteiger charge is 1.98. The number of aliphatic hydroxyl groups excluding tert-OH is 2.